The number of benzene rings is 4. The maximum Gasteiger partial charge on any atom is 2.00 e. The van der Waals surface area contributed by atoms with Gasteiger partial charge in [0.15, 0.2) is 0 Å². The van der Waals surface area contributed by atoms with Crippen LogP contribution in [0.1, 0.15) is 107 Å². The zero-order chi connectivity index (χ0) is 32.9. The second-order valence-corrected chi connectivity index (χ2v) is 15.2. The number of hydrogen-bond donors (Lipinski definition) is 0. The van der Waals surface area contributed by atoms with Crippen molar-refractivity contribution in [2.75, 3.05) is 0 Å². The van der Waals surface area contributed by atoms with Crippen LogP contribution >= 0.6 is 0 Å². The molecule has 0 bridgehead atoms. The van der Waals surface area contributed by atoms with Crippen LogP contribution in [0.2, 0.25) is 0 Å². The van der Waals surface area contributed by atoms with Gasteiger partial charge in [-0.15, -0.1) is 28.8 Å². The summed E-state index contributed by atoms with van der Waals surface area (Å²) in [5, 5.41) is 0. The second-order valence-electron chi connectivity index (χ2n) is 15.2. The Morgan fingerprint density at radius 2 is 1.10 bits per heavy atom. The SMILES string of the molecule is Cc1ccccc1-c1[c-]c2c(cc1C(C)(C)C)-c1cc(C(C)(C)C)c(-c3ccccc3C)cc1C2.[CH-]1CCCCC1.[Cl-].[Cl-].[Zr+2].c1cc[cH-]c1. The monoisotopic (exact) mass is 765 g/mol. The number of fused-ring (bicyclic) bond motifs is 3. The molecule has 1 saturated carbocycles. The van der Waals surface area contributed by atoms with E-state index >= 15 is 0 Å². The third-order valence-electron chi connectivity index (χ3n) is 9.40. The average Bonchev–Trinajstić information content (AvgIpc) is 3.72. The molecular weight excluding hydrogens is 715 g/mol. The Labute approximate surface area is 329 Å². The number of aryl methyl sites for hydroxylation is 2. The third kappa shape index (κ3) is 10.6. The van der Waals surface area contributed by atoms with Gasteiger partial charge in [0, 0.05) is 0 Å². The van der Waals surface area contributed by atoms with Crippen LogP contribution in [0.25, 0.3) is 33.4 Å². The fourth-order valence-corrected chi connectivity index (χ4v) is 6.80. The third-order valence-corrected chi connectivity index (χ3v) is 9.40. The minimum atomic E-state index is 0. The van der Waals surface area contributed by atoms with E-state index in [0.717, 1.165) is 6.42 Å². The Morgan fingerprint density at radius 3 is 1.55 bits per heavy atom. The van der Waals surface area contributed by atoms with Crippen molar-refractivity contribution >= 4 is 0 Å². The molecule has 3 heteroatoms. The fraction of sp³-hybridized carbons (Fsp3) is 0.348. The molecule has 7 rings (SSSR count). The van der Waals surface area contributed by atoms with Crippen LogP contribution in [0.5, 0.6) is 0 Å². The topological polar surface area (TPSA) is 0 Å². The van der Waals surface area contributed by atoms with Gasteiger partial charge in [0.2, 0.25) is 0 Å². The molecule has 2 aliphatic rings. The Morgan fingerprint density at radius 1 is 0.571 bits per heavy atom. The van der Waals surface area contributed by atoms with Crippen LogP contribution in [0.4, 0.5) is 0 Å². The molecule has 0 aromatic heterocycles. The molecule has 0 nitrogen and oxygen atoms in total. The first-order valence-electron chi connectivity index (χ1n) is 17.3. The minimum absolute atomic E-state index is 0. The first-order valence-corrected chi connectivity index (χ1v) is 17.3. The van der Waals surface area contributed by atoms with Crippen molar-refractivity contribution < 1.29 is 51.0 Å². The molecular formula is C46H53Cl2Zr-3. The van der Waals surface area contributed by atoms with Crippen LogP contribution in [-0.2, 0) is 43.5 Å². The molecule has 0 heterocycles. The molecule has 49 heavy (non-hydrogen) atoms. The van der Waals surface area contributed by atoms with Crippen LogP contribution in [0.15, 0.2) is 97.1 Å². The largest absolute Gasteiger partial charge is 2.00 e. The van der Waals surface area contributed by atoms with Gasteiger partial charge in [-0.2, -0.15) is 31.0 Å². The van der Waals surface area contributed by atoms with Gasteiger partial charge in [0.1, 0.15) is 0 Å². The normalized spacial score (nSPS) is 13.1. The van der Waals surface area contributed by atoms with Crippen molar-refractivity contribution in [2.45, 2.75) is 105 Å². The van der Waals surface area contributed by atoms with Crippen molar-refractivity contribution in [3.8, 4) is 33.4 Å². The van der Waals surface area contributed by atoms with Gasteiger partial charge in [-0.1, -0.05) is 144 Å². The quantitative estimate of drug-likeness (QED) is 0.164. The van der Waals surface area contributed by atoms with Gasteiger partial charge in [-0.05, 0) is 58.9 Å². The number of hydrogen-bond acceptors (Lipinski definition) is 0. The van der Waals surface area contributed by atoms with Crippen molar-refractivity contribution in [1.29, 1.82) is 0 Å². The Bertz CT molecular complexity index is 1610. The first-order chi connectivity index (χ1) is 21.9. The van der Waals surface area contributed by atoms with Crippen LogP contribution in [0, 0.1) is 26.3 Å². The molecule has 258 valence electrons. The second kappa shape index (κ2) is 18.8. The van der Waals surface area contributed by atoms with Gasteiger partial charge < -0.3 is 31.2 Å². The minimum Gasteiger partial charge on any atom is -1.00 e. The summed E-state index contributed by atoms with van der Waals surface area (Å²) >= 11 is 0. The van der Waals surface area contributed by atoms with Crippen LogP contribution in [-0.4, -0.2) is 0 Å². The predicted octanol–water partition coefficient (Wildman–Crippen LogP) is 7.17. The fourth-order valence-electron chi connectivity index (χ4n) is 6.80. The molecule has 0 atom stereocenters. The predicted molar refractivity (Wildman–Crippen MR) is 201 cm³/mol. The summed E-state index contributed by atoms with van der Waals surface area (Å²) in [6.07, 6.45) is 10.4. The Kier molecular flexibility index (Phi) is 16.4. The summed E-state index contributed by atoms with van der Waals surface area (Å²) < 4.78 is 0. The van der Waals surface area contributed by atoms with E-state index in [1.165, 1.54) is 98.9 Å². The zero-order valence-electron chi connectivity index (χ0n) is 30.8. The molecule has 0 spiro atoms. The molecule has 0 amide bonds. The molecule has 1 fully saturated rings. The maximum absolute atomic E-state index is 3.93. The van der Waals surface area contributed by atoms with E-state index in [9.17, 15) is 0 Å². The van der Waals surface area contributed by atoms with Gasteiger partial charge >= 0.3 is 26.2 Å². The van der Waals surface area contributed by atoms with Crippen LogP contribution < -0.4 is 24.8 Å². The molecule has 0 N–H and O–H groups in total. The van der Waals surface area contributed by atoms with Crippen LogP contribution in [0.3, 0.4) is 0 Å². The van der Waals surface area contributed by atoms with Crippen molar-refractivity contribution in [2.24, 2.45) is 0 Å². The number of halogens is 2. The summed E-state index contributed by atoms with van der Waals surface area (Å²) in [6, 6.07) is 38.9. The summed E-state index contributed by atoms with van der Waals surface area (Å²) in [4.78, 5) is 0. The van der Waals surface area contributed by atoms with E-state index in [2.05, 4.69) is 135 Å². The molecule has 5 aromatic carbocycles. The standard InChI is InChI=1S/C35H37.C6H11.C5H5.2ClH.Zr/c1-22-13-9-11-15-26(22)30-18-24-17-25-19-31(27-16-12-10-14-23(27)2)33(35(6,7)8)21-29(25)28(24)20-32(30)34(3,4)5;1-2-4-6-5-3-1;1-2-4-5-3-1;;;/h9-16,18,20-21H,17H2,1-8H3;1H,2-6H2;1-5H;2*1H;/q3*-1;;;+2/p-2. The smallest absolute Gasteiger partial charge is 1.00 e. The molecule has 0 saturated heterocycles. The average molecular weight is 768 g/mol. The molecule has 0 aliphatic heterocycles. The van der Waals surface area contributed by atoms with E-state index in [1.54, 1.807) is 0 Å². The van der Waals surface area contributed by atoms with Gasteiger partial charge in [-0.3, -0.25) is 0 Å². The Balaban J connectivity index is 0.000000506. The van der Waals surface area contributed by atoms with Gasteiger partial charge in [0.05, 0.1) is 0 Å². The van der Waals surface area contributed by atoms with Crippen molar-refractivity contribution in [3.05, 3.63) is 143 Å². The summed E-state index contributed by atoms with van der Waals surface area (Å²) in [6.45, 7) is 18.4. The summed E-state index contributed by atoms with van der Waals surface area (Å²) in [5.41, 5.74) is 16.3. The molecule has 0 unspecified atom stereocenters. The van der Waals surface area contributed by atoms with Gasteiger partial charge in [0.25, 0.3) is 0 Å². The maximum atomic E-state index is 3.93. The first kappa shape index (κ1) is 42.9. The van der Waals surface area contributed by atoms with E-state index in [0.29, 0.717) is 0 Å². The van der Waals surface area contributed by atoms with Crippen molar-refractivity contribution in [1.82, 2.24) is 0 Å². The van der Waals surface area contributed by atoms with E-state index < -0.39 is 0 Å². The molecule has 0 radical (unpaired) electrons. The Hall–Kier alpha value is -2.31. The summed E-state index contributed by atoms with van der Waals surface area (Å²) in [5.74, 6) is 0. The number of rotatable bonds is 2. The zero-order valence-corrected chi connectivity index (χ0v) is 34.8. The van der Waals surface area contributed by atoms with Crippen molar-refractivity contribution in [3.63, 3.8) is 0 Å². The van der Waals surface area contributed by atoms with E-state index in [1.807, 2.05) is 30.3 Å². The van der Waals surface area contributed by atoms with E-state index in [-0.39, 0.29) is 61.8 Å². The van der Waals surface area contributed by atoms with Gasteiger partial charge in [-0.25, -0.2) is 12.1 Å². The summed E-state index contributed by atoms with van der Waals surface area (Å²) in [7, 11) is 0. The van der Waals surface area contributed by atoms with E-state index in [4.69, 9.17) is 0 Å². The molecule has 2 aliphatic carbocycles. The molecule has 5 aromatic rings.